The summed E-state index contributed by atoms with van der Waals surface area (Å²) in [5.41, 5.74) is 0.611. The first kappa shape index (κ1) is 21.8. The minimum absolute atomic E-state index is 0.0610. The van der Waals surface area contributed by atoms with E-state index in [0.717, 1.165) is 57.0 Å². The van der Waals surface area contributed by atoms with Crippen molar-refractivity contribution in [1.29, 1.82) is 0 Å². The van der Waals surface area contributed by atoms with Crippen molar-refractivity contribution in [3.05, 3.63) is 42.2 Å². The van der Waals surface area contributed by atoms with Gasteiger partial charge in [-0.15, -0.1) is 0 Å². The quantitative estimate of drug-likeness (QED) is 0.685. The van der Waals surface area contributed by atoms with Gasteiger partial charge < -0.3 is 10.2 Å². The van der Waals surface area contributed by atoms with Crippen molar-refractivity contribution in [2.45, 2.75) is 37.0 Å². The van der Waals surface area contributed by atoms with Crippen molar-refractivity contribution in [3.8, 4) is 11.4 Å². The summed E-state index contributed by atoms with van der Waals surface area (Å²) in [7, 11) is -0.507. The highest BCUT2D eigenvalue weighted by molar-refractivity contribution is 8.01. The molecule has 2 aliphatic rings. The van der Waals surface area contributed by atoms with E-state index in [2.05, 4.69) is 19.6 Å². The monoisotopic (exact) mass is 451 g/mol. The lowest BCUT2D eigenvalue weighted by Gasteiger charge is -2.41. The third-order valence-electron chi connectivity index (χ3n) is 6.12. The van der Waals surface area contributed by atoms with Gasteiger partial charge >= 0.3 is 6.03 Å². The van der Waals surface area contributed by atoms with E-state index in [4.69, 9.17) is 0 Å². The summed E-state index contributed by atoms with van der Waals surface area (Å²) in [4.78, 5) is 22.5. The maximum atomic E-state index is 13.4. The Hall–Kier alpha value is -2.46. The minimum Gasteiger partial charge on any atom is -0.325 e. The number of halogens is 2. The molecule has 168 valence electrons. The number of carbonyl (C=O) groups excluding carboxylic acids is 1. The molecule has 0 radical (unpaired) electrons. The first-order valence-electron chi connectivity index (χ1n) is 10.4. The second kappa shape index (κ2) is 8.58. The van der Waals surface area contributed by atoms with Crippen molar-refractivity contribution in [3.63, 3.8) is 0 Å². The molecular formula is C21H27F2N5O2S. The maximum absolute atomic E-state index is 13.4. The van der Waals surface area contributed by atoms with Crippen LogP contribution in [0.5, 0.6) is 0 Å². The Kier molecular flexibility index (Phi) is 6.02. The number of rotatable bonds is 5. The van der Waals surface area contributed by atoms with Gasteiger partial charge in [-0.25, -0.2) is 27.8 Å². The maximum Gasteiger partial charge on any atom is 0.321 e. The smallest absolute Gasteiger partial charge is 0.321 e. The molecule has 0 unspecified atom stereocenters. The van der Waals surface area contributed by atoms with Crippen molar-refractivity contribution < 1.29 is 17.8 Å². The number of amides is 2. The average molecular weight is 452 g/mol. The summed E-state index contributed by atoms with van der Waals surface area (Å²) >= 11 is 0. The third kappa shape index (κ3) is 4.90. The van der Waals surface area contributed by atoms with Crippen LogP contribution in [0.4, 0.5) is 19.3 Å². The van der Waals surface area contributed by atoms with E-state index in [-0.39, 0.29) is 23.5 Å². The van der Waals surface area contributed by atoms with E-state index in [9.17, 15) is 17.8 Å². The van der Waals surface area contributed by atoms with Crippen LogP contribution in [-0.4, -0.2) is 67.1 Å². The molecule has 0 atom stereocenters. The molecule has 10 heteroatoms. The summed E-state index contributed by atoms with van der Waals surface area (Å²) in [5.74, 6) is -1.25. The van der Waals surface area contributed by atoms with Crippen molar-refractivity contribution in [2.24, 2.45) is 0 Å². The number of benzene rings is 1. The van der Waals surface area contributed by atoms with E-state index in [1.807, 2.05) is 6.26 Å². The van der Waals surface area contributed by atoms with Gasteiger partial charge in [0.15, 0.2) is 5.82 Å². The van der Waals surface area contributed by atoms with Gasteiger partial charge in [-0.05, 0) is 37.8 Å². The third-order valence-corrected chi connectivity index (χ3v) is 9.51. The Morgan fingerprint density at radius 1 is 1.10 bits per heavy atom. The summed E-state index contributed by atoms with van der Waals surface area (Å²) in [6, 6.07) is 2.85. The molecule has 0 spiro atoms. The molecule has 1 aromatic carbocycles. The van der Waals surface area contributed by atoms with Crippen LogP contribution < -0.4 is 5.32 Å². The highest BCUT2D eigenvalue weighted by Crippen LogP contribution is 2.36. The van der Waals surface area contributed by atoms with Crippen LogP contribution in [0.25, 0.3) is 11.4 Å². The number of nitrogens with zero attached hydrogens (tertiary/aromatic N) is 4. The van der Waals surface area contributed by atoms with Crippen LogP contribution in [0.1, 0.15) is 25.7 Å². The average Bonchev–Trinajstić information content (AvgIpc) is 3.59. The molecule has 4 rings (SSSR count). The number of hydrogen-bond acceptors (Lipinski definition) is 4. The molecule has 1 aromatic heterocycles. The topological polar surface area (TPSA) is 78.4 Å². The molecule has 7 nitrogen and oxygen atoms in total. The number of carbonyl (C=O) groups is 1. The zero-order valence-electron chi connectivity index (χ0n) is 17.6. The molecule has 2 amide bonds. The Labute approximate surface area is 181 Å². The summed E-state index contributed by atoms with van der Waals surface area (Å²) < 4.78 is 41.8. The lowest BCUT2D eigenvalue weighted by molar-refractivity contribution is 0.174. The number of nitrogens with one attached hydrogen (secondary N) is 1. The second-order valence-electron chi connectivity index (χ2n) is 8.35. The molecular weight excluding hydrogens is 424 g/mol. The highest BCUT2D eigenvalue weighted by atomic mass is 32.3. The number of urea groups is 1. The fraction of sp³-hybridized carbons (Fsp3) is 0.476. The van der Waals surface area contributed by atoms with Crippen LogP contribution in [0, 0.1) is 11.6 Å². The van der Waals surface area contributed by atoms with E-state index < -0.39 is 21.8 Å². The van der Waals surface area contributed by atoms with E-state index >= 15 is 0 Å². The van der Waals surface area contributed by atoms with Crippen LogP contribution in [0.3, 0.4) is 0 Å². The van der Waals surface area contributed by atoms with Crippen LogP contribution in [-0.2, 0) is 10.1 Å². The molecule has 1 N–H and O–H groups in total. The van der Waals surface area contributed by atoms with Gasteiger partial charge in [-0.3, -0.25) is 4.21 Å². The molecule has 2 fully saturated rings. The Bertz CT molecular complexity index is 987. The highest BCUT2D eigenvalue weighted by Gasteiger charge is 2.39. The molecule has 2 aromatic rings. The second-order valence-corrected chi connectivity index (χ2v) is 11.5. The van der Waals surface area contributed by atoms with Gasteiger partial charge in [0.25, 0.3) is 0 Å². The normalized spacial score (nSPS) is 18.6. The Morgan fingerprint density at radius 3 is 2.23 bits per heavy atom. The van der Waals surface area contributed by atoms with Crippen molar-refractivity contribution in [1.82, 2.24) is 19.2 Å². The first-order valence-corrected chi connectivity index (χ1v) is 12.6. The van der Waals surface area contributed by atoms with Gasteiger partial charge in [0.1, 0.15) is 11.6 Å². The number of thiol groups is 1. The zero-order valence-corrected chi connectivity index (χ0v) is 18.5. The molecule has 2 heterocycles. The number of hydrogen-bond donors (Lipinski definition) is 2. The van der Waals surface area contributed by atoms with Gasteiger partial charge in [0.2, 0.25) is 0 Å². The van der Waals surface area contributed by atoms with Crippen LogP contribution >= 0.6 is 0 Å². The van der Waals surface area contributed by atoms with Crippen molar-refractivity contribution >= 4 is 21.8 Å². The fourth-order valence-electron chi connectivity index (χ4n) is 4.02. The first-order chi connectivity index (χ1) is 14.7. The Morgan fingerprint density at radius 2 is 1.68 bits per heavy atom. The summed E-state index contributed by atoms with van der Waals surface area (Å²) in [6.07, 6.45) is 8.37. The predicted molar refractivity (Wildman–Crippen MR) is 117 cm³/mol. The summed E-state index contributed by atoms with van der Waals surface area (Å²) in [6.45, 7) is 1.46. The molecule has 1 saturated heterocycles. The minimum atomic E-state index is -2.25. The lowest BCUT2D eigenvalue weighted by atomic mass is 10.1. The number of piperidine rings is 1. The molecule has 0 bridgehead atoms. The fourth-order valence-corrected chi connectivity index (χ4v) is 6.62. The zero-order chi connectivity index (χ0) is 22.2. The van der Waals surface area contributed by atoms with E-state index in [0.29, 0.717) is 10.9 Å². The van der Waals surface area contributed by atoms with Gasteiger partial charge in [0.05, 0.1) is 18.1 Å². The van der Waals surface area contributed by atoms with E-state index in [1.54, 1.807) is 11.9 Å². The van der Waals surface area contributed by atoms with E-state index in [1.165, 1.54) is 12.4 Å². The molecule has 1 aliphatic carbocycles. The predicted octanol–water partition coefficient (Wildman–Crippen LogP) is 3.07. The lowest BCUT2D eigenvalue weighted by Crippen LogP contribution is -2.50. The van der Waals surface area contributed by atoms with Crippen LogP contribution in [0.2, 0.25) is 0 Å². The van der Waals surface area contributed by atoms with Gasteiger partial charge in [-0.2, -0.15) is 0 Å². The van der Waals surface area contributed by atoms with Gasteiger partial charge in [-0.1, -0.05) is 10.1 Å². The SMILES string of the molecule is CN(C(=O)Nc1cnc(-c2cc(F)cc(F)c2)nc1)C1CCN([SH](C)(=O)C2CC2)CC1. The van der Waals surface area contributed by atoms with Crippen molar-refractivity contribution in [2.75, 3.05) is 31.7 Å². The van der Waals surface area contributed by atoms with Gasteiger partial charge in [0, 0.05) is 49.3 Å². The number of anilines is 1. The number of aromatic nitrogens is 2. The molecule has 1 aliphatic heterocycles. The molecule has 31 heavy (non-hydrogen) atoms. The Balaban J connectivity index is 1.33. The van der Waals surface area contributed by atoms with Crippen LogP contribution in [0.15, 0.2) is 30.6 Å². The molecule has 1 saturated carbocycles. The largest absolute Gasteiger partial charge is 0.325 e. The standard InChI is InChI=1S/C21H27F2N5O2S/c1-27(18-5-7-28(8-6-18)31(2,30)19-3-4-19)21(29)26-17-12-24-20(25-13-17)14-9-15(22)11-16(23)10-14/h9-13,18-19,31H,3-8H2,1-2H3,(H,26,29). The summed E-state index contributed by atoms with van der Waals surface area (Å²) in [5, 5.41) is 3.11.